The van der Waals surface area contributed by atoms with Crippen LogP contribution in [0.2, 0.25) is 0 Å². The molecule has 0 radical (unpaired) electrons. The van der Waals surface area contributed by atoms with Gasteiger partial charge in [0.25, 0.3) is 0 Å². The molecule has 1 unspecified atom stereocenters. The van der Waals surface area contributed by atoms with Gasteiger partial charge in [0.2, 0.25) is 0 Å². The number of unbranched alkanes of at least 4 members (excludes halogenated alkanes) is 29. The molecule has 0 fully saturated rings. The fourth-order valence-electron chi connectivity index (χ4n) is 7.41. The molecule has 0 spiro atoms. The molecule has 0 saturated carbocycles. The van der Waals surface area contributed by atoms with Crippen LogP contribution in [-0.2, 0) is 28.6 Å². The van der Waals surface area contributed by atoms with Crippen molar-refractivity contribution in [3.05, 3.63) is 48.6 Å². The number of hydrogen-bond donors (Lipinski definition) is 0. The number of hydrogen-bond acceptors (Lipinski definition) is 6. The first-order valence-corrected chi connectivity index (χ1v) is 26.2. The third-order valence-corrected chi connectivity index (χ3v) is 11.3. The van der Waals surface area contributed by atoms with Crippen molar-refractivity contribution in [1.82, 2.24) is 0 Å². The molecule has 0 rings (SSSR count). The van der Waals surface area contributed by atoms with Gasteiger partial charge in [-0.1, -0.05) is 223 Å². The van der Waals surface area contributed by atoms with Gasteiger partial charge in [0.15, 0.2) is 6.10 Å². The number of ether oxygens (including phenoxy) is 3. The van der Waals surface area contributed by atoms with Crippen molar-refractivity contribution < 1.29 is 28.6 Å². The molecule has 0 aliphatic carbocycles. The second kappa shape index (κ2) is 50.0. The van der Waals surface area contributed by atoms with Gasteiger partial charge >= 0.3 is 17.9 Å². The minimum atomic E-state index is -0.788. The van der Waals surface area contributed by atoms with Gasteiger partial charge in [-0.2, -0.15) is 0 Å². The summed E-state index contributed by atoms with van der Waals surface area (Å²) in [7, 11) is 0. The van der Waals surface area contributed by atoms with Crippen molar-refractivity contribution in [3.63, 3.8) is 0 Å². The smallest absolute Gasteiger partial charge is 0.306 e. The molecule has 0 aliphatic rings. The number of allylic oxidation sites excluding steroid dienone is 8. The molecule has 0 aromatic carbocycles. The van der Waals surface area contributed by atoms with Crippen LogP contribution in [0.15, 0.2) is 48.6 Å². The Kier molecular flexibility index (Phi) is 47.9. The first kappa shape index (κ1) is 58.4. The fourth-order valence-corrected chi connectivity index (χ4v) is 7.41. The Morgan fingerprint density at radius 2 is 0.689 bits per heavy atom. The van der Waals surface area contributed by atoms with Gasteiger partial charge in [-0.05, 0) is 70.6 Å². The first-order valence-electron chi connectivity index (χ1n) is 26.2. The molecule has 61 heavy (non-hydrogen) atoms. The Morgan fingerprint density at radius 3 is 1.11 bits per heavy atom. The second-order valence-electron chi connectivity index (χ2n) is 17.4. The summed E-state index contributed by atoms with van der Waals surface area (Å²) < 4.78 is 16.7. The van der Waals surface area contributed by atoms with Crippen molar-refractivity contribution in [1.29, 1.82) is 0 Å². The van der Waals surface area contributed by atoms with E-state index in [2.05, 4.69) is 69.4 Å². The molecule has 6 nitrogen and oxygen atoms in total. The molecule has 0 aliphatic heterocycles. The molecular formula is C55H98O6. The lowest BCUT2D eigenvalue weighted by molar-refractivity contribution is -0.167. The van der Waals surface area contributed by atoms with Crippen molar-refractivity contribution in [2.75, 3.05) is 13.2 Å². The molecule has 0 N–H and O–H groups in total. The Hall–Kier alpha value is -2.63. The summed E-state index contributed by atoms with van der Waals surface area (Å²) in [5.41, 5.74) is 0. The lowest BCUT2D eigenvalue weighted by Gasteiger charge is -2.18. The third kappa shape index (κ3) is 48.3. The third-order valence-electron chi connectivity index (χ3n) is 11.3. The van der Waals surface area contributed by atoms with Crippen molar-refractivity contribution in [3.8, 4) is 0 Å². The van der Waals surface area contributed by atoms with E-state index in [0.717, 1.165) is 89.9 Å². The minimum Gasteiger partial charge on any atom is -0.462 e. The van der Waals surface area contributed by atoms with E-state index < -0.39 is 6.10 Å². The summed E-state index contributed by atoms with van der Waals surface area (Å²) in [6.45, 7) is 6.48. The normalized spacial score (nSPS) is 12.4. The Bertz CT molecular complexity index is 1070. The zero-order chi connectivity index (χ0) is 44.4. The van der Waals surface area contributed by atoms with Gasteiger partial charge in [0.05, 0.1) is 0 Å². The SMILES string of the molecule is CC/C=C\C/C=C\CCCCC(=O)OCC(COC(=O)CCCCCCC/C=C\C=C/CCCCCCCCC)OC(=O)CCCCCCCCCCCCCCCCCC. The molecule has 0 heterocycles. The molecule has 6 heteroatoms. The number of carbonyl (C=O) groups excluding carboxylic acids is 3. The van der Waals surface area contributed by atoms with Crippen LogP contribution in [0.1, 0.15) is 265 Å². The zero-order valence-electron chi connectivity index (χ0n) is 40.4. The highest BCUT2D eigenvalue weighted by Crippen LogP contribution is 2.15. The average Bonchev–Trinajstić information content (AvgIpc) is 3.26. The maximum Gasteiger partial charge on any atom is 0.306 e. The molecule has 0 bridgehead atoms. The average molecular weight is 855 g/mol. The monoisotopic (exact) mass is 855 g/mol. The summed E-state index contributed by atoms with van der Waals surface area (Å²) in [6, 6.07) is 0. The van der Waals surface area contributed by atoms with Crippen LogP contribution in [0.3, 0.4) is 0 Å². The van der Waals surface area contributed by atoms with E-state index in [1.54, 1.807) is 0 Å². The van der Waals surface area contributed by atoms with Crippen molar-refractivity contribution >= 4 is 17.9 Å². The van der Waals surface area contributed by atoms with Crippen LogP contribution in [-0.4, -0.2) is 37.2 Å². The predicted octanol–water partition coefficient (Wildman–Crippen LogP) is 17.1. The molecule has 0 amide bonds. The van der Waals surface area contributed by atoms with Crippen molar-refractivity contribution in [2.24, 2.45) is 0 Å². The summed E-state index contributed by atoms with van der Waals surface area (Å²) in [5, 5.41) is 0. The van der Waals surface area contributed by atoms with Crippen LogP contribution < -0.4 is 0 Å². The van der Waals surface area contributed by atoms with E-state index in [0.29, 0.717) is 19.3 Å². The van der Waals surface area contributed by atoms with E-state index in [4.69, 9.17) is 14.2 Å². The Labute approximate surface area is 378 Å². The van der Waals surface area contributed by atoms with Crippen LogP contribution >= 0.6 is 0 Å². The van der Waals surface area contributed by atoms with E-state index >= 15 is 0 Å². The summed E-state index contributed by atoms with van der Waals surface area (Å²) in [5.74, 6) is -0.933. The van der Waals surface area contributed by atoms with E-state index in [1.165, 1.54) is 135 Å². The highest BCUT2D eigenvalue weighted by atomic mass is 16.6. The van der Waals surface area contributed by atoms with Crippen molar-refractivity contribution in [2.45, 2.75) is 271 Å². The van der Waals surface area contributed by atoms with Crippen LogP contribution in [0.4, 0.5) is 0 Å². The summed E-state index contributed by atoms with van der Waals surface area (Å²) in [4.78, 5) is 37.9. The van der Waals surface area contributed by atoms with Gasteiger partial charge in [0.1, 0.15) is 13.2 Å². The largest absolute Gasteiger partial charge is 0.462 e. The fraction of sp³-hybridized carbons (Fsp3) is 0.800. The molecule has 0 aromatic rings. The Morgan fingerprint density at radius 1 is 0.361 bits per heavy atom. The Balaban J connectivity index is 4.33. The van der Waals surface area contributed by atoms with Gasteiger partial charge < -0.3 is 14.2 Å². The van der Waals surface area contributed by atoms with E-state index in [9.17, 15) is 14.4 Å². The molecular weight excluding hydrogens is 757 g/mol. The van der Waals surface area contributed by atoms with Crippen LogP contribution in [0, 0.1) is 0 Å². The predicted molar refractivity (Wildman–Crippen MR) is 261 cm³/mol. The lowest BCUT2D eigenvalue weighted by atomic mass is 10.0. The van der Waals surface area contributed by atoms with Gasteiger partial charge in [-0.15, -0.1) is 0 Å². The van der Waals surface area contributed by atoms with E-state index in [1.807, 2.05) is 0 Å². The zero-order valence-corrected chi connectivity index (χ0v) is 40.4. The lowest BCUT2D eigenvalue weighted by Crippen LogP contribution is -2.30. The maximum atomic E-state index is 12.8. The number of esters is 3. The number of carbonyl (C=O) groups is 3. The maximum absolute atomic E-state index is 12.8. The summed E-state index contributed by atoms with van der Waals surface area (Å²) in [6.07, 6.45) is 59.7. The molecule has 354 valence electrons. The van der Waals surface area contributed by atoms with Gasteiger partial charge in [-0.25, -0.2) is 0 Å². The molecule has 1 atom stereocenters. The second-order valence-corrected chi connectivity index (χ2v) is 17.4. The summed E-state index contributed by atoms with van der Waals surface area (Å²) >= 11 is 0. The standard InChI is InChI=1S/C55H98O6/c1-4-7-10-13-16-19-21-23-25-27-28-30-31-33-36-39-42-45-48-54(57)60-51-52(50-59-53(56)47-44-41-38-35-18-15-12-9-6-3)61-55(58)49-46-43-40-37-34-32-29-26-24-22-20-17-14-11-8-5-2/h9,12,18,25,27-28,30,35,52H,4-8,10-11,13-17,19-24,26,29,31-34,36-51H2,1-3H3/b12-9-,27-25-,30-28-,35-18-. The minimum absolute atomic E-state index is 0.0894. The molecule has 0 aromatic heterocycles. The van der Waals surface area contributed by atoms with Crippen LogP contribution in [0.25, 0.3) is 0 Å². The van der Waals surface area contributed by atoms with Gasteiger partial charge in [0, 0.05) is 19.3 Å². The highest BCUT2D eigenvalue weighted by Gasteiger charge is 2.19. The highest BCUT2D eigenvalue weighted by molar-refractivity contribution is 5.71. The molecule has 0 saturated heterocycles. The topological polar surface area (TPSA) is 78.9 Å². The van der Waals surface area contributed by atoms with E-state index in [-0.39, 0.29) is 31.1 Å². The number of rotatable bonds is 47. The quantitative estimate of drug-likeness (QED) is 0.0199. The van der Waals surface area contributed by atoms with Gasteiger partial charge in [-0.3, -0.25) is 14.4 Å². The first-order chi connectivity index (χ1) is 30.0. The van der Waals surface area contributed by atoms with Crippen LogP contribution in [0.5, 0.6) is 0 Å².